The molecule has 6 heteroatoms. The van der Waals surface area contributed by atoms with Gasteiger partial charge in [0.25, 0.3) is 10.2 Å². The lowest BCUT2D eigenvalue weighted by Gasteiger charge is -2.41. The maximum Gasteiger partial charge on any atom is 0.282 e. The van der Waals surface area contributed by atoms with Gasteiger partial charge in [-0.05, 0) is 48.1 Å². The molecule has 0 spiro atoms. The molecular formula is C16H26N2O2S2. The highest BCUT2D eigenvalue weighted by Gasteiger charge is 2.40. The van der Waals surface area contributed by atoms with Gasteiger partial charge in [0, 0.05) is 24.5 Å². The molecule has 2 aliphatic rings. The predicted molar refractivity (Wildman–Crippen MR) is 91.2 cm³/mol. The maximum absolute atomic E-state index is 13.2. The molecular weight excluding hydrogens is 316 g/mol. The molecule has 3 rings (SSSR count). The maximum atomic E-state index is 13.2. The van der Waals surface area contributed by atoms with Crippen molar-refractivity contribution < 1.29 is 8.42 Å². The number of hydrogen-bond acceptors (Lipinski definition) is 3. The topological polar surface area (TPSA) is 40.6 Å². The molecule has 1 aromatic heterocycles. The predicted octanol–water partition coefficient (Wildman–Crippen LogP) is 3.28. The summed E-state index contributed by atoms with van der Waals surface area (Å²) in [5.41, 5.74) is 1.22. The highest BCUT2D eigenvalue weighted by atomic mass is 32.2. The zero-order valence-electron chi connectivity index (χ0n) is 13.7. The molecule has 4 nitrogen and oxygen atoms in total. The molecule has 1 aromatic rings. The van der Waals surface area contributed by atoms with Crippen molar-refractivity contribution in [1.82, 2.24) is 8.61 Å². The smallest absolute Gasteiger partial charge is 0.195 e. The molecule has 0 aromatic carbocycles. The zero-order valence-corrected chi connectivity index (χ0v) is 15.3. The first-order valence-electron chi connectivity index (χ1n) is 8.26. The monoisotopic (exact) mass is 342 g/mol. The van der Waals surface area contributed by atoms with Crippen molar-refractivity contribution in [2.45, 2.75) is 46.1 Å². The van der Waals surface area contributed by atoms with E-state index in [0.717, 1.165) is 19.3 Å². The Morgan fingerprint density at radius 3 is 2.59 bits per heavy atom. The van der Waals surface area contributed by atoms with E-state index in [1.54, 1.807) is 19.9 Å². The Morgan fingerprint density at radius 1 is 1.27 bits per heavy atom. The lowest BCUT2D eigenvalue weighted by molar-refractivity contribution is 0.196. The summed E-state index contributed by atoms with van der Waals surface area (Å²) in [6.45, 7) is 8.34. The molecule has 3 unspecified atom stereocenters. The van der Waals surface area contributed by atoms with Crippen LogP contribution in [0.15, 0.2) is 11.4 Å². The molecule has 0 saturated carbocycles. The fraction of sp³-hybridized carbons (Fsp3) is 0.750. The molecule has 0 N–H and O–H groups in total. The average molecular weight is 343 g/mol. The van der Waals surface area contributed by atoms with E-state index in [0.29, 0.717) is 31.5 Å². The van der Waals surface area contributed by atoms with Crippen molar-refractivity contribution in [3.05, 3.63) is 21.9 Å². The quantitative estimate of drug-likeness (QED) is 0.846. The first kappa shape index (κ1) is 16.4. The first-order valence-corrected chi connectivity index (χ1v) is 10.5. The van der Waals surface area contributed by atoms with Crippen molar-refractivity contribution in [3.63, 3.8) is 0 Å². The molecule has 3 heterocycles. The second kappa shape index (κ2) is 6.23. The SMILES string of the molecule is CCC1c2ccsc2CCN1S(=O)(=O)N1CC(C)CC(C)C1. The normalized spacial score (nSPS) is 31.1. The first-order chi connectivity index (χ1) is 10.4. The van der Waals surface area contributed by atoms with Crippen LogP contribution in [0.5, 0.6) is 0 Å². The summed E-state index contributed by atoms with van der Waals surface area (Å²) in [6.07, 6.45) is 2.81. The van der Waals surface area contributed by atoms with Crippen molar-refractivity contribution >= 4 is 21.5 Å². The van der Waals surface area contributed by atoms with Gasteiger partial charge >= 0.3 is 0 Å². The lowest BCUT2D eigenvalue weighted by Crippen LogP contribution is -2.51. The van der Waals surface area contributed by atoms with Gasteiger partial charge in [-0.3, -0.25) is 0 Å². The molecule has 3 atom stereocenters. The number of fused-ring (bicyclic) bond motifs is 1. The molecule has 124 valence electrons. The van der Waals surface area contributed by atoms with Crippen LogP contribution in [0.25, 0.3) is 0 Å². The summed E-state index contributed by atoms with van der Waals surface area (Å²) in [6, 6.07) is 2.12. The van der Waals surface area contributed by atoms with Gasteiger partial charge in [0.2, 0.25) is 0 Å². The molecule has 1 fully saturated rings. The standard InChI is InChI=1S/C16H26N2O2S2/c1-4-15-14-6-8-21-16(14)5-7-18(15)22(19,20)17-10-12(2)9-13(3)11-17/h6,8,12-13,15H,4-5,7,9-11H2,1-3H3. The molecule has 1 saturated heterocycles. The van der Waals surface area contributed by atoms with Crippen LogP contribution in [-0.4, -0.2) is 36.7 Å². The van der Waals surface area contributed by atoms with Crippen molar-refractivity contribution in [3.8, 4) is 0 Å². The minimum Gasteiger partial charge on any atom is -0.195 e. The summed E-state index contributed by atoms with van der Waals surface area (Å²) in [7, 11) is -3.36. The van der Waals surface area contributed by atoms with Crippen LogP contribution in [0.4, 0.5) is 0 Å². The van der Waals surface area contributed by atoms with E-state index in [1.807, 2.05) is 0 Å². The third-order valence-corrected chi connectivity index (χ3v) is 7.87. The Balaban J connectivity index is 1.89. The number of thiophene rings is 1. The van der Waals surface area contributed by atoms with Gasteiger partial charge in [-0.1, -0.05) is 20.8 Å². The molecule has 0 amide bonds. The van der Waals surface area contributed by atoms with Gasteiger partial charge in [-0.15, -0.1) is 11.3 Å². The van der Waals surface area contributed by atoms with Crippen LogP contribution in [0.1, 0.15) is 50.1 Å². The third-order valence-electron chi connectivity index (χ3n) is 4.89. The van der Waals surface area contributed by atoms with E-state index in [2.05, 4.69) is 32.2 Å². The van der Waals surface area contributed by atoms with Crippen LogP contribution < -0.4 is 0 Å². The summed E-state index contributed by atoms with van der Waals surface area (Å²) in [4.78, 5) is 1.36. The van der Waals surface area contributed by atoms with E-state index in [9.17, 15) is 8.42 Å². The van der Waals surface area contributed by atoms with Gasteiger partial charge in [0.05, 0.1) is 6.04 Å². The van der Waals surface area contributed by atoms with E-state index in [-0.39, 0.29) is 6.04 Å². The van der Waals surface area contributed by atoms with Gasteiger partial charge in [-0.25, -0.2) is 0 Å². The second-order valence-electron chi connectivity index (χ2n) is 6.85. The van der Waals surface area contributed by atoms with Gasteiger partial charge < -0.3 is 0 Å². The summed E-state index contributed by atoms with van der Waals surface area (Å²) in [5.74, 6) is 0.889. The van der Waals surface area contributed by atoms with E-state index >= 15 is 0 Å². The second-order valence-corrected chi connectivity index (χ2v) is 9.74. The van der Waals surface area contributed by atoms with Crippen molar-refractivity contribution in [2.24, 2.45) is 11.8 Å². The van der Waals surface area contributed by atoms with Crippen LogP contribution in [-0.2, 0) is 16.6 Å². The molecule has 22 heavy (non-hydrogen) atoms. The minimum absolute atomic E-state index is 0.00698. The summed E-state index contributed by atoms with van der Waals surface area (Å²) >= 11 is 1.76. The number of nitrogens with zero attached hydrogens (tertiary/aromatic N) is 2. The molecule has 0 aliphatic carbocycles. The van der Waals surface area contributed by atoms with Crippen LogP contribution >= 0.6 is 11.3 Å². The Labute approximate surface area is 138 Å². The van der Waals surface area contributed by atoms with Crippen molar-refractivity contribution in [1.29, 1.82) is 0 Å². The lowest BCUT2D eigenvalue weighted by atomic mass is 9.94. The Hall–Kier alpha value is -0.430. The Morgan fingerprint density at radius 2 is 1.95 bits per heavy atom. The van der Waals surface area contributed by atoms with E-state index in [4.69, 9.17) is 0 Å². The van der Waals surface area contributed by atoms with E-state index in [1.165, 1.54) is 10.4 Å². The fourth-order valence-corrected chi connectivity index (χ4v) is 7.03. The largest absolute Gasteiger partial charge is 0.282 e. The highest BCUT2D eigenvalue weighted by molar-refractivity contribution is 7.86. The Bertz CT molecular complexity index is 616. The van der Waals surface area contributed by atoms with E-state index < -0.39 is 10.2 Å². The molecule has 0 bridgehead atoms. The highest BCUT2D eigenvalue weighted by Crippen LogP contribution is 2.38. The molecule has 2 aliphatic heterocycles. The molecule has 0 radical (unpaired) electrons. The number of rotatable bonds is 3. The summed E-state index contributed by atoms with van der Waals surface area (Å²) < 4.78 is 29.9. The van der Waals surface area contributed by atoms with Gasteiger partial charge in [-0.2, -0.15) is 17.0 Å². The average Bonchev–Trinajstić information content (AvgIpc) is 2.93. The third kappa shape index (κ3) is 2.86. The van der Waals surface area contributed by atoms with Gasteiger partial charge in [0.15, 0.2) is 0 Å². The Kier molecular flexibility index (Phi) is 4.65. The van der Waals surface area contributed by atoms with Crippen LogP contribution in [0.2, 0.25) is 0 Å². The van der Waals surface area contributed by atoms with Crippen molar-refractivity contribution in [2.75, 3.05) is 19.6 Å². The van der Waals surface area contributed by atoms with Crippen LogP contribution in [0, 0.1) is 11.8 Å². The fourth-order valence-electron chi connectivity index (χ4n) is 4.02. The van der Waals surface area contributed by atoms with Crippen LogP contribution in [0.3, 0.4) is 0 Å². The number of hydrogen-bond donors (Lipinski definition) is 0. The zero-order chi connectivity index (χ0) is 15.9. The minimum atomic E-state index is -3.36. The summed E-state index contributed by atoms with van der Waals surface area (Å²) in [5, 5.41) is 2.09. The number of piperidine rings is 1. The van der Waals surface area contributed by atoms with Gasteiger partial charge in [0.1, 0.15) is 0 Å².